The molecule has 0 unspecified atom stereocenters. The van der Waals surface area contributed by atoms with Gasteiger partial charge in [-0.05, 0) is 62.1 Å². The number of carbonyl (C=O) groups is 1. The van der Waals surface area contributed by atoms with Crippen molar-refractivity contribution < 1.29 is 14.6 Å². The molecule has 5 heteroatoms. The predicted octanol–water partition coefficient (Wildman–Crippen LogP) is 3.26. The number of aliphatic hydroxyl groups excluding tert-OH is 1. The molecular formula is C28H32N2O3. The summed E-state index contributed by atoms with van der Waals surface area (Å²) in [5.74, 6) is 8.04. The van der Waals surface area contributed by atoms with Crippen LogP contribution in [0.1, 0.15) is 48.3 Å². The van der Waals surface area contributed by atoms with Crippen LogP contribution in [0.15, 0.2) is 48.5 Å². The number of methoxy groups -OCH3 is 1. The molecule has 172 valence electrons. The maximum Gasteiger partial charge on any atom is 0.225 e. The van der Waals surface area contributed by atoms with E-state index in [9.17, 15) is 9.90 Å². The van der Waals surface area contributed by atoms with Gasteiger partial charge in [0.05, 0.1) is 19.3 Å². The summed E-state index contributed by atoms with van der Waals surface area (Å²) in [6.45, 7) is 2.78. The first-order valence-corrected chi connectivity index (χ1v) is 12.1. The molecule has 33 heavy (non-hydrogen) atoms. The summed E-state index contributed by atoms with van der Waals surface area (Å²) >= 11 is 0. The molecule has 0 aromatic heterocycles. The zero-order valence-corrected chi connectivity index (χ0v) is 19.2. The minimum absolute atomic E-state index is 0.122. The third-order valence-corrected chi connectivity index (χ3v) is 7.35. The second kappa shape index (κ2) is 9.59. The number of ether oxygens (including phenoxy) is 1. The van der Waals surface area contributed by atoms with Gasteiger partial charge < -0.3 is 14.7 Å². The average molecular weight is 445 g/mol. The van der Waals surface area contributed by atoms with E-state index in [1.54, 1.807) is 7.11 Å². The highest BCUT2D eigenvalue weighted by atomic mass is 16.5. The van der Waals surface area contributed by atoms with Gasteiger partial charge >= 0.3 is 0 Å². The Labute approximate surface area is 196 Å². The molecule has 3 atom stereocenters. The monoisotopic (exact) mass is 444 g/mol. The number of aliphatic hydroxyl groups is 1. The summed E-state index contributed by atoms with van der Waals surface area (Å²) in [5, 5.41) is 10.1. The Morgan fingerprint density at radius 3 is 2.55 bits per heavy atom. The molecule has 3 aliphatic rings. The molecule has 1 aliphatic carbocycles. The van der Waals surface area contributed by atoms with Crippen LogP contribution < -0.4 is 4.74 Å². The van der Waals surface area contributed by atoms with Crippen LogP contribution in [0.3, 0.4) is 0 Å². The number of nitrogens with zero attached hydrogens (tertiary/aromatic N) is 2. The van der Waals surface area contributed by atoms with Gasteiger partial charge in [-0.1, -0.05) is 36.1 Å². The summed E-state index contributed by atoms with van der Waals surface area (Å²) in [6, 6.07) is 16.6. The van der Waals surface area contributed by atoms with E-state index < -0.39 is 0 Å². The van der Waals surface area contributed by atoms with Gasteiger partial charge in [-0.25, -0.2) is 0 Å². The van der Waals surface area contributed by atoms with Gasteiger partial charge in [0.25, 0.3) is 0 Å². The van der Waals surface area contributed by atoms with E-state index in [0.29, 0.717) is 5.91 Å². The Morgan fingerprint density at radius 1 is 1.06 bits per heavy atom. The highest BCUT2D eigenvalue weighted by Gasteiger charge is 2.50. The molecule has 5 rings (SSSR count). The lowest BCUT2D eigenvalue weighted by molar-refractivity contribution is -0.137. The fraction of sp³-hybridized carbons (Fsp3) is 0.464. The standard InChI is InChI=1S/C28H32N2O3/c1-33-26-7-3-2-6-21(26)11-8-20-9-12-22(13-10-20)27-24-18-29(28(32)23-14-15-23)16-4-5-17-30(24)25(27)19-31/h2-3,6-7,9-10,12-13,23-25,27,31H,4-5,14-19H2,1H3/t24-,25-,27+/m1/s1. The molecule has 0 spiro atoms. The molecule has 5 nitrogen and oxygen atoms in total. The van der Waals surface area contributed by atoms with Crippen LogP contribution >= 0.6 is 0 Å². The first-order valence-electron chi connectivity index (χ1n) is 12.1. The molecule has 0 bridgehead atoms. The summed E-state index contributed by atoms with van der Waals surface area (Å²) in [4.78, 5) is 17.3. The SMILES string of the molecule is COc1ccccc1C#Cc1ccc([C@@H]2[C@@H](CO)N3CCCCN(C(=O)C4CC4)C[C@H]23)cc1. The highest BCUT2D eigenvalue weighted by molar-refractivity contribution is 5.81. The first-order chi connectivity index (χ1) is 16.2. The van der Waals surface area contributed by atoms with Gasteiger partial charge in [0.1, 0.15) is 5.75 Å². The van der Waals surface area contributed by atoms with Crippen LogP contribution in [0, 0.1) is 17.8 Å². The van der Waals surface area contributed by atoms with Crippen molar-refractivity contribution in [2.45, 2.75) is 43.7 Å². The molecule has 2 aromatic carbocycles. The van der Waals surface area contributed by atoms with Gasteiger partial charge in [-0.2, -0.15) is 0 Å². The van der Waals surface area contributed by atoms with Gasteiger partial charge in [0.15, 0.2) is 0 Å². The Balaban J connectivity index is 1.34. The molecule has 1 N–H and O–H groups in total. The predicted molar refractivity (Wildman–Crippen MR) is 128 cm³/mol. The van der Waals surface area contributed by atoms with Gasteiger partial charge in [0.2, 0.25) is 5.91 Å². The molecule has 1 saturated carbocycles. The summed E-state index contributed by atoms with van der Waals surface area (Å²) < 4.78 is 5.39. The van der Waals surface area contributed by atoms with Crippen LogP contribution in [0.4, 0.5) is 0 Å². The fourth-order valence-corrected chi connectivity index (χ4v) is 5.41. The third kappa shape index (κ3) is 4.51. The minimum Gasteiger partial charge on any atom is -0.495 e. The molecule has 2 saturated heterocycles. The topological polar surface area (TPSA) is 53.0 Å². The molecule has 2 heterocycles. The molecule has 0 radical (unpaired) electrons. The number of amides is 1. The smallest absolute Gasteiger partial charge is 0.225 e. The van der Waals surface area contributed by atoms with E-state index in [0.717, 1.165) is 62.2 Å². The number of fused-ring (bicyclic) bond motifs is 1. The molecule has 1 amide bonds. The lowest BCUT2D eigenvalue weighted by atomic mass is 9.74. The van der Waals surface area contributed by atoms with E-state index in [4.69, 9.17) is 4.74 Å². The Kier molecular flexibility index (Phi) is 6.39. The van der Waals surface area contributed by atoms with E-state index in [1.165, 1.54) is 5.56 Å². The number of hydrogen-bond acceptors (Lipinski definition) is 4. The number of rotatable bonds is 4. The number of benzene rings is 2. The molecule has 3 fully saturated rings. The zero-order valence-electron chi connectivity index (χ0n) is 19.2. The Hall–Kier alpha value is -2.81. The van der Waals surface area contributed by atoms with Crippen LogP contribution in [0.25, 0.3) is 0 Å². The highest BCUT2D eigenvalue weighted by Crippen LogP contribution is 2.42. The Morgan fingerprint density at radius 2 is 1.82 bits per heavy atom. The van der Waals surface area contributed by atoms with Crippen molar-refractivity contribution in [3.63, 3.8) is 0 Å². The maximum absolute atomic E-state index is 12.8. The van der Waals surface area contributed by atoms with Crippen molar-refractivity contribution in [2.24, 2.45) is 5.92 Å². The van der Waals surface area contributed by atoms with Crippen LogP contribution in [0.5, 0.6) is 5.75 Å². The number of para-hydroxylation sites is 1. The quantitative estimate of drug-likeness (QED) is 0.736. The fourth-order valence-electron chi connectivity index (χ4n) is 5.41. The normalized spacial score (nSPS) is 25.0. The second-order valence-electron chi connectivity index (χ2n) is 9.42. The first kappa shape index (κ1) is 22.0. The summed E-state index contributed by atoms with van der Waals surface area (Å²) in [6.07, 6.45) is 4.21. The van der Waals surface area contributed by atoms with Crippen molar-refractivity contribution >= 4 is 5.91 Å². The zero-order chi connectivity index (χ0) is 22.8. The molecule has 2 aliphatic heterocycles. The van der Waals surface area contributed by atoms with Crippen molar-refractivity contribution in [1.29, 1.82) is 0 Å². The molecule has 2 aromatic rings. The van der Waals surface area contributed by atoms with E-state index in [1.807, 2.05) is 24.3 Å². The second-order valence-corrected chi connectivity index (χ2v) is 9.42. The van der Waals surface area contributed by atoms with Gasteiger partial charge in [-0.15, -0.1) is 0 Å². The van der Waals surface area contributed by atoms with Gasteiger partial charge in [-0.3, -0.25) is 9.69 Å². The molecular weight excluding hydrogens is 412 g/mol. The third-order valence-electron chi connectivity index (χ3n) is 7.35. The number of carbonyl (C=O) groups excluding carboxylic acids is 1. The summed E-state index contributed by atoms with van der Waals surface area (Å²) in [7, 11) is 1.66. The van der Waals surface area contributed by atoms with Crippen LogP contribution in [0.2, 0.25) is 0 Å². The van der Waals surface area contributed by atoms with Crippen molar-refractivity contribution in [2.75, 3.05) is 33.4 Å². The lowest BCUT2D eigenvalue weighted by Crippen LogP contribution is -2.68. The minimum atomic E-state index is 0.122. The average Bonchev–Trinajstić information content (AvgIpc) is 3.68. The van der Waals surface area contributed by atoms with Crippen molar-refractivity contribution in [3.8, 4) is 17.6 Å². The van der Waals surface area contributed by atoms with E-state index >= 15 is 0 Å². The van der Waals surface area contributed by atoms with Crippen molar-refractivity contribution in [1.82, 2.24) is 9.80 Å². The van der Waals surface area contributed by atoms with Crippen molar-refractivity contribution in [3.05, 3.63) is 65.2 Å². The maximum atomic E-state index is 12.8. The summed E-state index contributed by atoms with van der Waals surface area (Å²) in [5.41, 5.74) is 3.04. The van der Waals surface area contributed by atoms with Crippen LogP contribution in [-0.4, -0.2) is 66.2 Å². The lowest BCUT2D eigenvalue weighted by Gasteiger charge is -2.57. The Bertz CT molecular complexity index is 1050. The van der Waals surface area contributed by atoms with Gasteiger partial charge in [0, 0.05) is 42.6 Å². The number of hydrogen-bond donors (Lipinski definition) is 1. The van der Waals surface area contributed by atoms with E-state index in [2.05, 4.69) is 45.9 Å². The van der Waals surface area contributed by atoms with Crippen LogP contribution in [-0.2, 0) is 4.79 Å². The largest absolute Gasteiger partial charge is 0.495 e. The van der Waals surface area contributed by atoms with E-state index in [-0.39, 0.29) is 30.5 Å².